The van der Waals surface area contributed by atoms with Gasteiger partial charge in [-0.25, -0.2) is 9.78 Å². The fourth-order valence-corrected chi connectivity index (χ4v) is 3.49. The Morgan fingerprint density at radius 2 is 2.18 bits per heavy atom. The lowest BCUT2D eigenvalue weighted by atomic mass is 9.92. The number of ether oxygens (including phenoxy) is 1. The van der Waals surface area contributed by atoms with Crippen molar-refractivity contribution in [3.63, 3.8) is 0 Å². The maximum Gasteiger partial charge on any atom is 0.338 e. The van der Waals surface area contributed by atoms with E-state index in [4.69, 9.17) is 16.3 Å². The lowest BCUT2D eigenvalue weighted by Gasteiger charge is -2.30. The molecule has 2 aromatic heterocycles. The summed E-state index contributed by atoms with van der Waals surface area (Å²) >= 11 is 5.92. The third kappa shape index (κ3) is 2.46. The SMILES string of the molecule is Cc1c(C(=O)O)c2cnc(Cl)nc2n1C(C)C1CCOCC1. The van der Waals surface area contributed by atoms with E-state index in [1.54, 1.807) is 0 Å². The van der Waals surface area contributed by atoms with E-state index in [1.807, 2.05) is 11.5 Å². The van der Waals surface area contributed by atoms with Gasteiger partial charge in [-0.2, -0.15) is 4.98 Å². The molecule has 0 aromatic carbocycles. The molecule has 0 radical (unpaired) electrons. The number of halogens is 1. The molecule has 1 fully saturated rings. The monoisotopic (exact) mass is 323 g/mol. The molecule has 0 amide bonds. The van der Waals surface area contributed by atoms with Crippen LogP contribution in [0, 0.1) is 12.8 Å². The first-order valence-electron chi connectivity index (χ1n) is 7.34. The Bertz CT molecular complexity index is 722. The van der Waals surface area contributed by atoms with E-state index in [0.29, 0.717) is 22.6 Å². The number of carboxylic acids is 1. The summed E-state index contributed by atoms with van der Waals surface area (Å²) in [7, 11) is 0. The zero-order chi connectivity index (χ0) is 15.9. The van der Waals surface area contributed by atoms with Gasteiger partial charge in [0.05, 0.1) is 10.9 Å². The predicted molar refractivity (Wildman–Crippen MR) is 82.5 cm³/mol. The molecule has 0 spiro atoms. The molecule has 2 aromatic rings. The van der Waals surface area contributed by atoms with Crippen LogP contribution in [0.1, 0.15) is 41.9 Å². The molecule has 7 heteroatoms. The minimum Gasteiger partial charge on any atom is -0.478 e. The van der Waals surface area contributed by atoms with Crippen molar-refractivity contribution in [1.82, 2.24) is 14.5 Å². The van der Waals surface area contributed by atoms with Gasteiger partial charge >= 0.3 is 5.97 Å². The number of carbonyl (C=O) groups is 1. The van der Waals surface area contributed by atoms with Gasteiger partial charge in [-0.15, -0.1) is 0 Å². The molecule has 1 atom stereocenters. The standard InChI is InChI=1S/C15H18ClN3O3/c1-8(10-3-5-22-6-4-10)19-9(2)12(14(20)21)11-7-17-15(16)18-13(11)19/h7-8,10H,3-6H2,1-2H3,(H,20,21). The van der Waals surface area contributed by atoms with Gasteiger partial charge in [-0.3, -0.25) is 0 Å². The Labute approximate surface area is 133 Å². The number of aromatic nitrogens is 3. The molecular weight excluding hydrogens is 306 g/mol. The predicted octanol–water partition coefficient (Wildman–Crippen LogP) is 3.08. The highest BCUT2D eigenvalue weighted by atomic mass is 35.5. The number of hydrogen-bond donors (Lipinski definition) is 1. The van der Waals surface area contributed by atoms with Crippen LogP contribution in [-0.2, 0) is 4.74 Å². The molecule has 0 saturated carbocycles. The number of nitrogens with zero attached hydrogens (tertiary/aromatic N) is 3. The van der Waals surface area contributed by atoms with E-state index in [0.717, 1.165) is 26.1 Å². The average molecular weight is 324 g/mol. The maximum atomic E-state index is 11.6. The summed E-state index contributed by atoms with van der Waals surface area (Å²) in [5, 5.41) is 10.2. The fourth-order valence-electron chi connectivity index (χ4n) is 3.36. The average Bonchev–Trinajstić information content (AvgIpc) is 2.78. The molecule has 1 unspecified atom stereocenters. The Morgan fingerprint density at radius 1 is 1.50 bits per heavy atom. The van der Waals surface area contributed by atoms with E-state index in [9.17, 15) is 9.90 Å². The number of rotatable bonds is 3. The third-order valence-corrected chi connectivity index (χ3v) is 4.71. The zero-order valence-corrected chi connectivity index (χ0v) is 13.3. The summed E-state index contributed by atoms with van der Waals surface area (Å²) in [6.45, 7) is 5.41. The zero-order valence-electron chi connectivity index (χ0n) is 12.5. The lowest BCUT2D eigenvalue weighted by Crippen LogP contribution is -2.25. The van der Waals surface area contributed by atoms with Gasteiger partial charge < -0.3 is 14.4 Å². The second-order valence-electron chi connectivity index (χ2n) is 5.70. The molecule has 118 valence electrons. The highest BCUT2D eigenvalue weighted by Crippen LogP contribution is 2.34. The minimum absolute atomic E-state index is 0.127. The number of hydrogen-bond acceptors (Lipinski definition) is 4. The summed E-state index contributed by atoms with van der Waals surface area (Å²) in [4.78, 5) is 19.8. The van der Waals surface area contributed by atoms with Crippen LogP contribution in [0.4, 0.5) is 0 Å². The van der Waals surface area contributed by atoms with E-state index >= 15 is 0 Å². The van der Waals surface area contributed by atoms with Crippen molar-refractivity contribution in [3.8, 4) is 0 Å². The molecule has 3 heterocycles. The van der Waals surface area contributed by atoms with Crippen molar-refractivity contribution in [2.24, 2.45) is 5.92 Å². The van der Waals surface area contributed by atoms with Crippen LogP contribution in [0.3, 0.4) is 0 Å². The fraction of sp³-hybridized carbons (Fsp3) is 0.533. The van der Waals surface area contributed by atoms with E-state index < -0.39 is 5.97 Å². The second kappa shape index (κ2) is 5.85. The Morgan fingerprint density at radius 3 is 2.82 bits per heavy atom. The second-order valence-corrected chi connectivity index (χ2v) is 6.04. The van der Waals surface area contributed by atoms with Crippen LogP contribution >= 0.6 is 11.6 Å². The van der Waals surface area contributed by atoms with Gasteiger partial charge in [0.15, 0.2) is 0 Å². The first-order chi connectivity index (χ1) is 10.5. The van der Waals surface area contributed by atoms with Gasteiger partial charge in [0.2, 0.25) is 5.28 Å². The lowest BCUT2D eigenvalue weighted by molar-refractivity contribution is 0.0515. The molecule has 0 aliphatic carbocycles. The first-order valence-corrected chi connectivity index (χ1v) is 7.72. The van der Waals surface area contributed by atoms with Crippen molar-refractivity contribution in [2.75, 3.05) is 13.2 Å². The minimum atomic E-state index is -0.966. The molecule has 1 saturated heterocycles. The van der Waals surface area contributed by atoms with Gasteiger partial charge in [-0.05, 0) is 44.2 Å². The van der Waals surface area contributed by atoms with Gasteiger partial charge in [-0.1, -0.05) is 0 Å². The van der Waals surface area contributed by atoms with Crippen molar-refractivity contribution in [1.29, 1.82) is 0 Å². The van der Waals surface area contributed by atoms with Crippen LogP contribution in [0.15, 0.2) is 6.20 Å². The van der Waals surface area contributed by atoms with Crippen LogP contribution in [0.5, 0.6) is 0 Å². The van der Waals surface area contributed by atoms with Gasteiger partial charge in [0, 0.05) is 31.1 Å². The van der Waals surface area contributed by atoms with Crippen LogP contribution in [0.25, 0.3) is 11.0 Å². The number of fused-ring (bicyclic) bond motifs is 1. The molecule has 0 bridgehead atoms. The molecule has 3 rings (SSSR count). The molecule has 1 aliphatic rings. The van der Waals surface area contributed by atoms with Crippen LogP contribution in [-0.4, -0.2) is 38.8 Å². The van der Waals surface area contributed by atoms with Crippen molar-refractivity contribution in [3.05, 3.63) is 22.7 Å². The first kappa shape index (κ1) is 15.2. The number of carboxylic acid groups (broad SMARTS) is 1. The Kier molecular flexibility index (Phi) is 4.06. The van der Waals surface area contributed by atoms with Gasteiger partial charge in [0.25, 0.3) is 0 Å². The van der Waals surface area contributed by atoms with Crippen molar-refractivity contribution in [2.45, 2.75) is 32.7 Å². The molecule has 6 nitrogen and oxygen atoms in total. The molecular formula is C15H18ClN3O3. The Balaban J connectivity index is 2.17. The molecule has 22 heavy (non-hydrogen) atoms. The quantitative estimate of drug-likeness (QED) is 0.878. The summed E-state index contributed by atoms with van der Waals surface area (Å²) < 4.78 is 7.40. The van der Waals surface area contributed by atoms with Gasteiger partial charge in [0.1, 0.15) is 5.65 Å². The largest absolute Gasteiger partial charge is 0.478 e. The van der Waals surface area contributed by atoms with Crippen LogP contribution in [0.2, 0.25) is 5.28 Å². The van der Waals surface area contributed by atoms with Crippen molar-refractivity contribution < 1.29 is 14.6 Å². The van der Waals surface area contributed by atoms with E-state index in [1.165, 1.54) is 6.20 Å². The highest BCUT2D eigenvalue weighted by Gasteiger charge is 2.28. The maximum absolute atomic E-state index is 11.6. The highest BCUT2D eigenvalue weighted by molar-refractivity contribution is 6.28. The van der Waals surface area contributed by atoms with E-state index in [2.05, 4.69) is 16.9 Å². The topological polar surface area (TPSA) is 77.2 Å². The number of aromatic carboxylic acids is 1. The smallest absolute Gasteiger partial charge is 0.338 e. The molecule has 1 aliphatic heterocycles. The summed E-state index contributed by atoms with van der Waals surface area (Å²) in [6, 6.07) is 0.130. The van der Waals surface area contributed by atoms with Crippen LogP contribution < -0.4 is 0 Å². The normalized spacial score (nSPS) is 17.8. The Hall–Kier alpha value is -1.66. The summed E-state index contributed by atoms with van der Waals surface area (Å²) in [6.07, 6.45) is 3.41. The summed E-state index contributed by atoms with van der Waals surface area (Å²) in [5.41, 5.74) is 1.54. The molecule has 1 N–H and O–H groups in total. The summed E-state index contributed by atoms with van der Waals surface area (Å²) in [5.74, 6) is -0.537. The van der Waals surface area contributed by atoms with E-state index in [-0.39, 0.29) is 16.9 Å². The van der Waals surface area contributed by atoms with Crippen molar-refractivity contribution >= 4 is 28.6 Å². The third-order valence-electron chi connectivity index (χ3n) is 4.53.